The number of nitrogens with one attached hydrogen (secondary N) is 4. The van der Waals surface area contributed by atoms with Crippen LogP contribution in [0.5, 0.6) is 0 Å². The number of halogens is 1. The molecule has 28 heavy (non-hydrogen) atoms. The maximum Gasteiger partial charge on any atom is 0.274 e. The molecule has 142 valence electrons. The van der Waals surface area contributed by atoms with E-state index in [1.54, 1.807) is 24.3 Å². The molecule has 3 rings (SSSR count). The van der Waals surface area contributed by atoms with Gasteiger partial charge in [-0.1, -0.05) is 0 Å². The van der Waals surface area contributed by atoms with Crippen LogP contribution in [-0.4, -0.2) is 34.7 Å². The first kappa shape index (κ1) is 18.8. The lowest BCUT2D eigenvalue weighted by atomic mass is 10.2. The first-order valence-electron chi connectivity index (χ1n) is 8.21. The van der Waals surface area contributed by atoms with E-state index in [0.717, 1.165) is 0 Å². The Kier molecular flexibility index (Phi) is 5.45. The summed E-state index contributed by atoms with van der Waals surface area (Å²) in [6.45, 7) is 0. The molecule has 4 N–H and O–H groups in total. The van der Waals surface area contributed by atoms with Crippen molar-refractivity contribution in [2.75, 3.05) is 17.7 Å². The smallest absolute Gasteiger partial charge is 0.274 e. The van der Waals surface area contributed by atoms with Gasteiger partial charge < -0.3 is 20.9 Å². The van der Waals surface area contributed by atoms with Crippen molar-refractivity contribution in [3.05, 3.63) is 77.6 Å². The van der Waals surface area contributed by atoms with Gasteiger partial charge in [-0.05, 0) is 48.5 Å². The molecule has 1 aromatic heterocycles. The highest BCUT2D eigenvalue weighted by molar-refractivity contribution is 6.10. The predicted octanol–water partition coefficient (Wildman–Crippen LogP) is 2.41. The van der Waals surface area contributed by atoms with Crippen molar-refractivity contribution in [2.45, 2.75) is 0 Å². The molecular weight excluding hydrogens is 365 g/mol. The van der Waals surface area contributed by atoms with Gasteiger partial charge in [-0.25, -0.2) is 9.37 Å². The van der Waals surface area contributed by atoms with Gasteiger partial charge in [0.15, 0.2) is 5.69 Å². The molecule has 0 radical (unpaired) electrons. The fourth-order valence-electron chi connectivity index (χ4n) is 2.39. The number of H-pyrrole nitrogens is 1. The zero-order chi connectivity index (χ0) is 20.1. The molecule has 0 atom stereocenters. The number of benzene rings is 2. The van der Waals surface area contributed by atoms with E-state index in [2.05, 4.69) is 25.9 Å². The Bertz CT molecular complexity index is 1010. The lowest BCUT2D eigenvalue weighted by molar-refractivity contribution is 0.0943. The Hall–Kier alpha value is -4.01. The number of carbonyl (C=O) groups is 3. The van der Waals surface area contributed by atoms with Crippen molar-refractivity contribution >= 4 is 29.1 Å². The van der Waals surface area contributed by atoms with Crippen molar-refractivity contribution in [1.29, 1.82) is 0 Å². The summed E-state index contributed by atoms with van der Waals surface area (Å²) in [4.78, 5) is 42.6. The fraction of sp³-hybridized carbons (Fsp3) is 0.0526. The van der Waals surface area contributed by atoms with Crippen LogP contribution in [0.25, 0.3) is 0 Å². The number of aromatic amines is 1. The van der Waals surface area contributed by atoms with Crippen LogP contribution >= 0.6 is 0 Å². The summed E-state index contributed by atoms with van der Waals surface area (Å²) in [7, 11) is 1.44. The third kappa shape index (κ3) is 4.21. The Balaban J connectivity index is 1.65. The normalized spacial score (nSPS) is 10.2. The molecule has 0 aliphatic carbocycles. The second-order valence-electron chi connectivity index (χ2n) is 5.70. The largest absolute Gasteiger partial charge is 0.354 e. The Morgan fingerprint density at radius 1 is 0.857 bits per heavy atom. The minimum Gasteiger partial charge on any atom is -0.354 e. The number of amides is 3. The first-order valence-corrected chi connectivity index (χ1v) is 8.21. The monoisotopic (exact) mass is 381 g/mol. The Morgan fingerprint density at radius 3 is 2.00 bits per heavy atom. The molecule has 0 aliphatic heterocycles. The summed E-state index contributed by atoms with van der Waals surface area (Å²) >= 11 is 0. The molecule has 0 saturated carbocycles. The molecule has 8 nitrogen and oxygen atoms in total. The van der Waals surface area contributed by atoms with Crippen molar-refractivity contribution in [3.8, 4) is 0 Å². The highest BCUT2D eigenvalue weighted by Gasteiger charge is 2.19. The third-order valence-electron chi connectivity index (χ3n) is 3.82. The molecule has 0 aliphatic rings. The molecule has 3 aromatic rings. The highest BCUT2D eigenvalue weighted by Crippen LogP contribution is 2.16. The third-order valence-corrected chi connectivity index (χ3v) is 3.82. The topological polar surface area (TPSA) is 116 Å². The van der Waals surface area contributed by atoms with Gasteiger partial charge in [-0.2, -0.15) is 0 Å². The van der Waals surface area contributed by atoms with Gasteiger partial charge in [-0.15, -0.1) is 0 Å². The summed E-state index contributed by atoms with van der Waals surface area (Å²) in [5.74, 6) is -1.82. The second-order valence-corrected chi connectivity index (χ2v) is 5.70. The van der Waals surface area contributed by atoms with Gasteiger partial charge in [0.1, 0.15) is 11.5 Å². The molecule has 2 aromatic carbocycles. The highest BCUT2D eigenvalue weighted by atomic mass is 19.1. The number of rotatable bonds is 5. The minimum absolute atomic E-state index is 0.0109. The van der Waals surface area contributed by atoms with Crippen LogP contribution in [0.2, 0.25) is 0 Å². The van der Waals surface area contributed by atoms with Crippen molar-refractivity contribution in [3.63, 3.8) is 0 Å². The molecule has 9 heteroatoms. The Labute approximate surface area is 159 Å². The lowest BCUT2D eigenvalue weighted by Crippen LogP contribution is -2.23. The SMILES string of the molecule is CNC(=O)c1nc[nH]c1C(=O)Nc1ccc(NC(=O)c2ccc(F)cc2)cc1. The van der Waals surface area contributed by atoms with Gasteiger partial charge in [-0.3, -0.25) is 14.4 Å². The average Bonchev–Trinajstić information content (AvgIpc) is 3.19. The van der Waals surface area contributed by atoms with E-state index in [0.29, 0.717) is 16.9 Å². The van der Waals surface area contributed by atoms with E-state index >= 15 is 0 Å². The fourth-order valence-corrected chi connectivity index (χ4v) is 2.39. The first-order chi connectivity index (χ1) is 13.5. The molecule has 0 saturated heterocycles. The maximum atomic E-state index is 12.9. The lowest BCUT2D eigenvalue weighted by Gasteiger charge is -2.08. The van der Waals surface area contributed by atoms with Gasteiger partial charge in [0.05, 0.1) is 6.33 Å². The van der Waals surface area contributed by atoms with E-state index in [1.165, 1.54) is 37.6 Å². The standard InChI is InChI=1S/C19H16FN5O3/c1-21-18(27)15-16(23-10-22-15)19(28)25-14-8-6-13(7-9-14)24-17(26)11-2-4-12(20)5-3-11/h2-10H,1H3,(H,21,27)(H,22,23)(H,24,26)(H,25,28). The van der Waals surface area contributed by atoms with Crippen molar-refractivity contribution in [2.24, 2.45) is 0 Å². The van der Waals surface area contributed by atoms with Crippen LogP contribution in [0.4, 0.5) is 15.8 Å². The molecule has 0 unspecified atom stereocenters. The molecule has 0 spiro atoms. The van der Waals surface area contributed by atoms with E-state index in [9.17, 15) is 18.8 Å². The van der Waals surface area contributed by atoms with Crippen molar-refractivity contribution in [1.82, 2.24) is 15.3 Å². The number of hydrogen-bond acceptors (Lipinski definition) is 4. The second kappa shape index (κ2) is 8.12. The Morgan fingerprint density at radius 2 is 1.43 bits per heavy atom. The molecule has 0 bridgehead atoms. The number of nitrogens with zero attached hydrogens (tertiary/aromatic N) is 1. The number of aromatic nitrogens is 2. The minimum atomic E-state index is -0.529. The van der Waals surface area contributed by atoms with Crippen LogP contribution < -0.4 is 16.0 Å². The van der Waals surface area contributed by atoms with E-state index in [1.807, 2.05) is 0 Å². The predicted molar refractivity (Wildman–Crippen MR) is 101 cm³/mol. The van der Waals surface area contributed by atoms with Crippen LogP contribution in [0.15, 0.2) is 54.9 Å². The van der Waals surface area contributed by atoms with E-state index < -0.39 is 17.6 Å². The van der Waals surface area contributed by atoms with Crippen LogP contribution in [0.1, 0.15) is 31.3 Å². The average molecular weight is 381 g/mol. The quantitative estimate of drug-likeness (QED) is 0.543. The van der Waals surface area contributed by atoms with Crippen LogP contribution in [0, 0.1) is 5.82 Å². The zero-order valence-corrected chi connectivity index (χ0v) is 14.7. The van der Waals surface area contributed by atoms with Gasteiger partial charge in [0.2, 0.25) is 0 Å². The van der Waals surface area contributed by atoms with Gasteiger partial charge >= 0.3 is 0 Å². The summed E-state index contributed by atoms with van der Waals surface area (Å²) in [6.07, 6.45) is 1.26. The van der Waals surface area contributed by atoms with Crippen LogP contribution in [-0.2, 0) is 0 Å². The van der Waals surface area contributed by atoms with E-state index in [4.69, 9.17) is 0 Å². The van der Waals surface area contributed by atoms with Crippen LogP contribution in [0.3, 0.4) is 0 Å². The molecular formula is C19H16FN5O3. The van der Waals surface area contributed by atoms with Gasteiger partial charge in [0.25, 0.3) is 17.7 Å². The summed E-state index contributed by atoms with van der Waals surface area (Å²) in [5, 5.41) is 7.72. The molecule has 3 amide bonds. The number of hydrogen-bond donors (Lipinski definition) is 4. The molecule has 1 heterocycles. The summed E-state index contributed by atoms with van der Waals surface area (Å²) in [6, 6.07) is 11.6. The number of imidazole rings is 1. The maximum absolute atomic E-state index is 12.9. The van der Waals surface area contributed by atoms with Gasteiger partial charge in [0, 0.05) is 24.0 Å². The zero-order valence-electron chi connectivity index (χ0n) is 14.7. The number of anilines is 2. The molecule has 0 fully saturated rings. The number of carbonyl (C=O) groups excluding carboxylic acids is 3. The summed E-state index contributed by atoms with van der Waals surface area (Å²) < 4.78 is 12.9. The summed E-state index contributed by atoms with van der Waals surface area (Å²) in [5.41, 5.74) is 1.30. The van der Waals surface area contributed by atoms with Crippen molar-refractivity contribution < 1.29 is 18.8 Å². The van der Waals surface area contributed by atoms with E-state index in [-0.39, 0.29) is 17.3 Å².